The Kier molecular flexibility index (Phi) is 6.17. The van der Waals surface area contributed by atoms with E-state index in [2.05, 4.69) is 10.6 Å². The molecule has 2 saturated heterocycles. The van der Waals surface area contributed by atoms with Gasteiger partial charge in [0, 0.05) is 28.7 Å². The quantitative estimate of drug-likeness (QED) is 0.349. The molecule has 3 heterocycles. The molecule has 0 radical (unpaired) electrons. The van der Waals surface area contributed by atoms with Crippen molar-refractivity contribution < 1.29 is 24.9 Å². The maximum atomic E-state index is 12.4. The summed E-state index contributed by atoms with van der Waals surface area (Å²) in [5.41, 5.74) is 0.0681. The van der Waals surface area contributed by atoms with E-state index in [9.17, 15) is 24.9 Å². The van der Waals surface area contributed by atoms with Gasteiger partial charge in [0.1, 0.15) is 5.70 Å². The average molecular weight is 400 g/mol. The number of carboxylic acids is 1. The van der Waals surface area contributed by atoms with E-state index in [-0.39, 0.29) is 34.9 Å². The highest BCUT2D eigenvalue weighted by atomic mass is 32.2. The van der Waals surface area contributed by atoms with Crippen molar-refractivity contribution in [3.63, 3.8) is 0 Å². The van der Waals surface area contributed by atoms with Crippen LogP contribution in [0.2, 0.25) is 0 Å². The van der Waals surface area contributed by atoms with Gasteiger partial charge in [0.15, 0.2) is 0 Å². The first kappa shape index (κ1) is 20.6. The monoisotopic (exact) mass is 399 g/mol. The number of nitrogens with one attached hydrogen (secondary N) is 2. The number of aliphatic hydroxyl groups is 2. The molecule has 2 unspecified atom stereocenters. The molecule has 7 atom stereocenters. The minimum Gasteiger partial charge on any atom is -0.477 e. The zero-order valence-electron chi connectivity index (χ0n) is 15.9. The molecule has 0 spiro atoms. The molecular weight excluding hydrogens is 370 g/mol. The molecule has 0 bridgehead atoms. The van der Waals surface area contributed by atoms with Crippen molar-refractivity contribution in [3.8, 4) is 0 Å². The first-order valence-corrected chi connectivity index (χ1v) is 10.4. The van der Waals surface area contributed by atoms with Crippen LogP contribution in [0.5, 0.6) is 0 Å². The van der Waals surface area contributed by atoms with Crippen LogP contribution in [0.4, 0.5) is 0 Å². The molecule has 9 heteroatoms. The summed E-state index contributed by atoms with van der Waals surface area (Å²) >= 11 is 1.50. The molecule has 8 nitrogen and oxygen atoms in total. The highest BCUT2D eigenvalue weighted by molar-refractivity contribution is 8.03. The second kappa shape index (κ2) is 8.08. The summed E-state index contributed by atoms with van der Waals surface area (Å²) in [5.74, 6) is -2.06. The Hall–Kier alpha value is -1.13. The molecule has 2 fully saturated rings. The third-order valence-corrected chi connectivity index (χ3v) is 7.40. The van der Waals surface area contributed by atoms with Gasteiger partial charge in [-0.05, 0) is 33.4 Å². The molecule has 1 amide bonds. The Bertz CT molecular complexity index is 640. The maximum Gasteiger partial charge on any atom is 0.353 e. The van der Waals surface area contributed by atoms with Crippen molar-refractivity contribution in [1.82, 2.24) is 15.5 Å². The Balaban J connectivity index is 1.71. The smallest absolute Gasteiger partial charge is 0.353 e. The number of thioether (sulfide) groups is 1. The second-order valence-corrected chi connectivity index (χ2v) is 9.06. The van der Waals surface area contributed by atoms with Crippen LogP contribution < -0.4 is 10.6 Å². The molecule has 3 rings (SSSR count). The number of hydrogen-bond acceptors (Lipinski definition) is 7. The lowest BCUT2D eigenvalue weighted by molar-refractivity contribution is -0.163. The number of fused-ring (bicyclic) bond motifs is 1. The molecule has 0 aliphatic carbocycles. The summed E-state index contributed by atoms with van der Waals surface area (Å²) in [6.45, 7) is 4.94. The Labute approximate surface area is 163 Å². The SMILES string of the molecule is CNCC[C@H](O)[C@@H]1C[C@H](SC2=C(C(=O)O)N3C(=O)C(C(C)O)[C@H]3[C@H]2C)CN1. The van der Waals surface area contributed by atoms with Crippen LogP contribution >= 0.6 is 11.8 Å². The first-order valence-electron chi connectivity index (χ1n) is 9.49. The van der Waals surface area contributed by atoms with Gasteiger partial charge in [0.2, 0.25) is 5.91 Å². The average Bonchev–Trinajstić information content (AvgIpc) is 3.15. The number of rotatable bonds is 8. The molecule has 0 aromatic rings. The number of carbonyl (C=O) groups is 2. The zero-order chi connectivity index (χ0) is 19.9. The van der Waals surface area contributed by atoms with Crippen molar-refractivity contribution in [2.75, 3.05) is 20.1 Å². The van der Waals surface area contributed by atoms with Crippen molar-refractivity contribution >= 4 is 23.6 Å². The Morgan fingerprint density at radius 3 is 2.74 bits per heavy atom. The zero-order valence-corrected chi connectivity index (χ0v) is 16.7. The van der Waals surface area contributed by atoms with Crippen molar-refractivity contribution in [3.05, 3.63) is 10.6 Å². The summed E-state index contributed by atoms with van der Waals surface area (Å²) in [7, 11) is 1.85. The van der Waals surface area contributed by atoms with Gasteiger partial charge in [-0.1, -0.05) is 6.92 Å². The summed E-state index contributed by atoms with van der Waals surface area (Å²) in [4.78, 5) is 26.3. The van der Waals surface area contributed by atoms with Gasteiger partial charge in [-0.25, -0.2) is 4.79 Å². The second-order valence-electron chi connectivity index (χ2n) is 7.72. The number of aliphatic carboxylic acids is 1. The molecular formula is C18H29N3O5S. The normalized spacial score (nSPS) is 35.2. The lowest BCUT2D eigenvalue weighted by Crippen LogP contribution is -2.63. The van der Waals surface area contributed by atoms with Crippen LogP contribution in [-0.4, -0.2) is 81.8 Å². The standard InChI is InChI=1S/C18H29N3O5S/c1-8-14-13(9(2)22)17(24)21(14)15(18(25)26)16(8)27-10-6-11(20-7-10)12(23)4-5-19-3/h8-14,19-20,22-23H,4-7H2,1-3H3,(H,25,26)/t8-,9?,10+,11+,12+,13?,14-/m1/s1. The lowest BCUT2D eigenvalue weighted by Gasteiger charge is -2.46. The van der Waals surface area contributed by atoms with Crippen LogP contribution in [0, 0.1) is 11.8 Å². The van der Waals surface area contributed by atoms with Gasteiger partial charge in [-0.2, -0.15) is 0 Å². The number of carbonyl (C=O) groups excluding carboxylic acids is 1. The van der Waals surface area contributed by atoms with Crippen LogP contribution in [0.15, 0.2) is 10.6 Å². The van der Waals surface area contributed by atoms with E-state index in [1.165, 1.54) is 16.7 Å². The number of carboxylic acid groups (broad SMARTS) is 1. The van der Waals surface area contributed by atoms with E-state index < -0.39 is 24.1 Å². The lowest BCUT2D eigenvalue weighted by atomic mass is 9.79. The highest BCUT2D eigenvalue weighted by Gasteiger charge is 2.60. The number of amides is 1. The molecule has 0 aromatic carbocycles. The fraction of sp³-hybridized carbons (Fsp3) is 0.778. The fourth-order valence-electron chi connectivity index (χ4n) is 4.47. The van der Waals surface area contributed by atoms with E-state index in [1.54, 1.807) is 6.92 Å². The van der Waals surface area contributed by atoms with Gasteiger partial charge < -0.3 is 30.9 Å². The van der Waals surface area contributed by atoms with E-state index in [4.69, 9.17) is 0 Å². The third kappa shape index (κ3) is 3.63. The van der Waals surface area contributed by atoms with Gasteiger partial charge in [-0.15, -0.1) is 11.8 Å². The van der Waals surface area contributed by atoms with Crippen LogP contribution in [-0.2, 0) is 9.59 Å². The number of β-lactam (4-membered cyclic amide) rings is 1. The van der Waals surface area contributed by atoms with Gasteiger partial charge in [0.25, 0.3) is 0 Å². The van der Waals surface area contributed by atoms with Gasteiger partial charge in [0.05, 0.1) is 24.2 Å². The van der Waals surface area contributed by atoms with Gasteiger partial charge in [-0.3, -0.25) is 4.79 Å². The van der Waals surface area contributed by atoms with Gasteiger partial charge >= 0.3 is 5.97 Å². The molecule has 5 N–H and O–H groups in total. The largest absolute Gasteiger partial charge is 0.477 e. The van der Waals surface area contributed by atoms with Crippen LogP contribution in [0.25, 0.3) is 0 Å². The van der Waals surface area contributed by atoms with E-state index in [1.807, 2.05) is 14.0 Å². The minimum absolute atomic E-state index is 0.00897. The molecule has 27 heavy (non-hydrogen) atoms. The Morgan fingerprint density at radius 2 is 2.15 bits per heavy atom. The molecule has 0 saturated carbocycles. The molecule has 0 aromatic heterocycles. The predicted octanol–water partition coefficient (Wildman–Crippen LogP) is -0.426. The van der Waals surface area contributed by atoms with E-state index in [0.717, 1.165) is 13.0 Å². The minimum atomic E-state index is -1.10. The first-order chi connectivity index (χ1) is 12.8. The van der Waals surface area contributed by atoms with E-state index in [0.29, 0.717) is 17.9 Å². The summed E-state index contributed by atoms with van der Waals surface area (Å²) < 4.78 is 0. The number of aliphatic hydroxyl groups excluding tert-OH is 2. The van der Waals surface area contributed by atoms with Crippen LogP contribution in [0.3, 0.4) is 0 Å². The topological polar surface area (TPSA) is 122 Å². The van der Waals surface area contributed by atoms with Crippen molar-refractivity contribution in [2.45, 2.75) is 56.2 Å². The molecule has 3 aliphatic rings. The van der Waals surface area contributed by atoms with Crippen molar-refractivity contribution in [1.29, 1.82) is 0 Å². The van der Waals surface area contributed by atoms with Crippen LogP contribution in [0.1, 0.15) is 26.7 Å². The Morgan fingerprint density at radius 1 is 1.44 bits per heavy atom. The number of hydrogen-bond donors (Lipinski definition) is 5. The number of nitrogens with zero attached hydrogens (tertiary/aromatic N) is 1. The predicted molar refractivity (Wildman–Crippen MR) is 102 cm³/mol. The summed E-state index contributed by atoms with van der Waals surface area (Å²) in [5, 5.41) is 36.4. The summed E-state index contributed by atoms with van der Waals surface area (Å²) in [6.07, 6.45) is 0.168. The summed E-state index contributed by atoms with van der Waals surface area (Å²) in [6, 6.07) is -0.289. The maximum absolute atomic E-state index is 12.4. The highest BCUT2D eigenvalue weighted by Crippen LogP contribution is 2.51. The molecule has 3 aliphatic heterocycles. The third-order valence-electron chi connectivity index (χ3n) is 5.88. The van der Waals surface area contributed by atoms with E-state index >= 15 is 0 Å². The van der Waals surface area contributed by atoms with Crippen molar-refractivity contribution in [2.24, 2.45) is 11.8 Å². The fourth-order valence-corrected chi connectivity index (χ4v) is 5.96. The molecule has 152 valence electrons.